The van der Waals surface area contributed by atoms with Crippen LogP contribution in [-0.4, -0.2) is 54.3 Å². The van der Waals surface area contributed by atoms with E-state index in [1.165, 1.54) is 0 Å². The minimum Gasteiger partial charge on any atom is -0.471 e. The highest BCUT2D eigenvalue weighted by atomic mass is 16.5. The number of piperidine rings is 1. The number of carbonyl (C=O) groups is 1. The lowest BCUT2D eigenvalue weighted by molar-refractivity contribution is 0.0525. The van der Waals surface area contributed by atoms with E-state index in [0.29, 0.717) is 12.4 Å². The maximum Gasteiger partial charge on any atom is 0.254 e. The number of likely N-dealkylation sites (tertiary alicyclic amines) is 1. The predicted molar refractivity (Wildman–Crippen MR) is 97.1 cm³/mol. The van der Waals surface area contributed by atoms with Crippen LogP contribution in [0.15, 0.2) is 36.4 Å². The van der Waals surface area contributed by atoms with E-state index < -0.39 is 0 Å². The molecule has 1 atom stereocenters. The fraction of sp³-hybridized carbons (Fsp3) is 0.421. The summed E-state index contributed by atoms with van der Waals surface area (Å²) >= 11 is 0. The molecule has 1 aliphatic heterocycles. The van der Waals surface area contributed by atoms with Gasteiger partial charge in [0.2, 0.25) is 5.88 Å². The molecular formula is C19H24N4O2. The third-order valence-electron chi connectivity index (χ3n) is 4.41. The van der Waals surface area contributed by atoms with Crippen LogP contribution in [0.5, 0.6) is 5.88 Å². The van der Waals surface area contributed by atoms with Gasteiger partial charge in [-0.3, -0.25) is 4.79 Å². The molecule has 0 spiro atoms. The van der Waals surface area contributed by atoms with Gasteiger partial charge in [-0.1, -0.05) is 18.2 Å². The van der Waals surface area contributed by atoms with Crippen molar-refractivity contribution in [1.82, 2.24) is 15.1 Å². The number of aromatic nitrogens is 2. The molecular weight excluding hydrogens is 316 g/mol. The van der Waals surface area contributed by atoms with Crippen LogP contribution in [0.25, 0.3) is 0 Å². The van der Waals surface area contributed by atoms with E-state index in [1.54, 1.807) is 0 Å². The van der Waals surface area contributed by atoms with Crippen molar-refractivity contribution < 1.29 is 9.53 Å². The summed E-state index contributed by atoms with van der Waals surface area (Å²) < 4.78 is 5.95. The molecule has 1 aromatic carbocycles. The summed E-state index contributed by atoms with van der Waals surface area (Å²) in [5.41, 5.74) is 1.76. The van der Waals surface area contributed by atoms with Crippen molar-refractivity contribution in [3.05, 3.63) is 47.5 Å². The van der Waals surface area contributed by atoms with Gasteiger partial charge < -0.3 is 14.5 Å². The molecule has 2 aromatic rings. The van der Waals surface area contributed by atoms with Crippen LogP contribution in [0.2, 0.25) is 0 Å². The summed E-state index contributed by atoms with van der Waals surface area (Å²) in [4.78, 5) is 16.5. The van der Waals surface area contributed by atoms with Crippen molar-refractivity contribution in [2.45, 2.75) is 25.9 Å². The molecule has 0 aliphatic carbocycles. The first-order valence-corrected chi connectivity index (χ1v) is 8.57. The van der Waals surface area contributed by atoms with Crippen molar-refractivity contribution in [3.63, 3.8) is 0 Å². The highest BCUT2D eigenvalue weighted by molar-refractivity contribution is 5.95. The number of hydrogen-bond donors (Lipinski definition) is 0. The van der Waals surface area contributed by atoms with E-state index in [1.807, 2.05) is 67.2 Å². The fourth-order valence-corrected chi connectivity index (χ4v) is 2.99. The lowest BCUT2D eigenvalue weighted by atomic mass is 10.0. The number of hydrogen-bond acceptors (Lipinski definition) is 5. The van der Waals surface area contributed by atoms with Crippen molar-refractivity contribution in [3.8, 4) is 5.88 Å². The minimum absolute atomic E-state index is 0.0544. The first-order chi connectivity index (χ1) is 12.0. The summed E-state index contributed by atoms with van der Waals surface area (Å²) in [5.74, 6) is 1.36. The zero-order valence-corrected chi connectivity index (χ0v) is 15.0. The van der Waals surface area contributed by atoms with E-state index in [9.17, 15) is 4.79 Å². The molecule has 0 saturated carbocycles. The summed E-state index contributed by atoms with van der Waals surface area (Å²) in [5, 5.41) is 8.25. The van der Waals surface area contributed by atoms with Crippen LogP contribution in [0.3, 0.4) is 0 Å². The number of anilines is 1. The van der Waals surface area contributed by atoms with Crippen LogP contribution < -0.4 is 9.64 Å². The Morgan fingerprint density at radius 1 is 1.20 bits per heavy atom. The van der Waals surface area contributed by atoms with E-state index in [0.717, 1.165) is 36.3 Å². The Morgan fingerprint density at radius 2 is 2.00 bits per heavy atom. The molecule has 6 heteroatoms. The lowest BCUT2D eigenvalue weighted by Crippen LogP contribution is -2.44. The predicted octanol–water partition coefficient (Wildman–Crippen LogP) is 2.53. The maximum atomic E-state index is 12.8. The normalized spacial score (nSPS) is 17.2. The lowest BCUT2D eigenvalue weighted by Gasteiger charge is -2.33. The number of ether oxygens (including phenoxy) is 1. The molecule has 1 amide bonds. The van der Waals surface area contributed by atoms with Crippen molar-refractivity contribution >= 4 is 11.7 Å². The molecule has 6 nitrogen and oxygen atoms in total. The summed E-state index contributed by atoms with van der Waals surface area (Å²) in [6, 6.07) is 11.4. The van der Waals surface area contributed by atoms with Crippen LogP contribution in [-0.2, 0) is 0 Å². The number of amides is 1. The molecule has 0 bridgehead atoms. The van der Waals surface area contributed by atoms with E-state index in [2.05, 4.69) is 10.2 Å². The highest BCUT2D eigenvalue weighted by Gasteiger charge is 2.26. The second-order valence-corrected chi connectivity index (χ2v) is 6.57. The van der Waals surface area contributed by atoms with Crippen LogP contribution in [0.1, 0.15) is 28.8 Å². The van der Waals surface area contributed by atoms with Gasteiger partial charge in [-0.05, 0) is 37.5 Å². The molecule has 1 unspecified atom stereocenters. The van der Waals surface area contributed by atoms with Crippen LogP contribution in [0.4, 0.5) is 5.82 Å². The highest BCUT2D eigenvalue weighted by Crippen LogP contribution is 2.20. The van der Waals surface area contributed by atoms with Gasteiger partial charge >= 0.3 is 0 Å². The smallest absolute Gasteiger partial charge is 0.254 e. The molecule has 25 heavy (non-hydrogen) atoms. The van der Waals surface area contributed by atoms with Gasteiger partial charge in [0.25, 0.3) is 5.91 Å². The van der Waals surface area contributed by atoms with Gasteiger partial charge in [0, 0.05) is 32.3 Å². The third-order valence-corrected chi connectivity index (χ3v) is 4.41. The Morgan fingerprint density at radius 3 is 2.68 bits per heavy atom. The Balaban J connectivity index is 1.65. The molecule has 0 radical (unpaired) electrons. The summed E-state index contributed by atoms with van der Waals surface area (Å²) in [7, 11) is 3.83. The van der Waals surface area contributed by atoms with Gasteiger partial charge in [-0.2, -0.15) is 0 Å². The quantitative estimate of drug-likeness (QED) is 0.856. The van der Waals surface area contributed by atoms with Gasteiger partial charge in [0.1, 0.15) is 6.10 Å². The van der Waals surface area contributed by atoms with Gasteiger partial charge in [0.05, 0.1) is 6.54 Å². The average Bonchev–Trinajstić information content (AvgIpc) is 2.62. The van der Waals surface area contributed by atoms with Crippen molar-refractivity contribution in [1.29, 1.82) is 0 Å². The van der Waals surface area contributed by atoms with E-state index >= 15 is 0 Å². The number of nitrogens with zero attached hydrogens (tertiary/aromatic N) is 4. The zero-order chi connectivity index (χ0) is 17.8. The van der Waals surface area contributed by atoms with Crippen molar-refractivity contribution in [2.24, 2.45) is 0 Å². The number of carbonyl (C=O) groups excluding carboxylic acids is 1. The van der Waals surface area contributed by atoms with Gasteiger partial charge in [-0.15, -0.1) is 10.2 Å². The molecule has 0 N–H and O–H groups in total. The van der Waals surface area contributed by atoms with Crippen LogP contribution in [0, 0.1) is 6.92 Å². The second-order valence-electron chi connectivity index (χ2n) is 6.57. The minimum atomic E-state index is -0.0544. The van der Waals surface area contributed by atoms with E-state index in [4.69, 9.17) is 4.74 Å². The molecule has 3 rings (SSSR count). The van der Waals surface area contributed by atoms with Crippen LogP contribution >= 0.6 is 0 Å². The zero-order valence-electron chi connectivity index (χ0n) is 15.0. The second kappa shape index (κ2) is 7.51. The number of rotatable bonds is 4. The molecule has 1 aromatic heterocycles. The molecule has 1 saturated heterocycles. The Labute approximate surface area is 148 Å². The van der Waals surface area contributed by atoms with E-state index in [-0.39, 0.29) is 12.0 Å². The Bertz CT molecular complexity index is 730. The standard InChI is InChI=1S/C19H24N4O2/c1-14-7-4-5-9-16(14)19(24)23-12-6-8-15(13-23)25-18-11-10-17(20-21-18)22(2)3/h4-5,7,9-11,15H,6,8,12-13H2,1-3H3. The molecule has 1 fully saturated rings. The van der Waals surface area contributed by atoms with Gasteiger partial charge in [-0.25, -0.2) is 0 Å². The third kappa shape index (κ3) is 4.07. The average molecular weight is 340 g/mol. The monoisotopic (exact) mass is 340 g/mol. The molecule has 1 aliphatic rings. The number of aryl methyl sites for hydroxylation is 1. The fourth-order valence-electron chi connectivity index (χ4n) is 2.99. The molecule has 2 heterocycles. The molecule has 132 valence electrons. The van der Waals surface area contributed by atoms with Crippen molar-refractivity contribution in [2.75, 3.05) is 32.1 Å². The van der Waals surface area contributed by atoms with Gasteiger partial charge in [0.15, 0.2) is 5.82 Å². The first kappa shape index (κ1) is 17.2. The number of benzene rings is 1. The topological polar surface area (TPSA) is 58.6 Å². The Hall–Kier alpha value is -2.63. The Kier molecular flexibility index (Phi) is 5.16. The summed E-state index contributed by atoms with van der Waals surface area (Å²) in [6.07, 6.45) is 1.78. The maximum absolute atomic E-state index is 12.8. The first-order valence-electron chi connectivity index (χ1n) is 8.57. The summed E-state index contributed by atoms with van der Waals surface area (Å²) in [6.45, 7) is 3.30. The largest absolute Gasteiger partial charge is 0.471 e. The SMILES string of the molecule is Cc1ccccc1C(=O)N1CCCC(Oc2ccc(N(C)C)nn2)C1.